The highest BCUT2D eigenvalue weighted by Gasteiger charge is 2.18. The van der Waals surface area contributed by atoms with E-state index in [1.54, 1.807) is 0 Å². The van der Waals surface area contributed by atoms with Crippen molar-refractivity contribution in [3.8, 4) is 56.7 Å². The Morgan fingerprint density at radius 1 is 0.455 bits per heavy atom. The second-order valence-electron chi connectivity index (χ2n) is 10.8. The SMILES string of the molecule is Cc1c(-c2ccc(-c3nc(-c4ccccc4)nc(-c4ccccc4)n3)cc2)nn2c(-c3ccccc3)cc3ccccc3c12. The van der Waals surface area contributed by atoms with Gasteiger partial charge in [0.1, 0.15) is 0 Å². The van der Waals surface area contributed by atoms with Gasteiger partial charge in [0.05, 0.1) is 16.9 Å². The van der Waals surface area contributed by atoms with E-state index in [0.29, 0.717) is 17.5 Å². The number of aryl methyl sites for hydroxylation is 1. The molecular weight excluding hydrogens is 538 g/mol. The maximum Gasteiger partial charge on any atom is 0.164 e. The topological polar surface area (TPSA) is 56.0 Å². The molecule has 0 spiro atoms. The van der Waals surface area contributed by atoms with Gasteiger partial charge in [-0.15, -0.1) is 0 Å². The van der Waals surface area contributed by atoms with Gasteiger partial charge in [-0.3, -0.25) is 0 Å². The molecule has 0 fully saturated rings. The molecule has 44 heavy (non-hydrogen) atoms. The third-order valence-corrected chi connectivity index (χ3v) is 8.04. The molecule has 0 bridgehead atoms. The summed E-state index contributed by atoms with van der Waals surface area (Å²) in [6, 6.07) is 49.7. The maximum absolute atomic E-state index is 5.19. The molecule has 0 aliphatic carbocycles. The Bertz CT molecular complexity index is 2200. The predicted molar refractivity (Wildman–Crippen MR) is 178 cm³/mol. The van der Waals surface area contributed by atoms with E-state index >= 15 is 0 Å². The maximum atomic E-state index is 5.19. The fourth-order valence-corrected chi connectivity index (χ4v) is 5.84. The number of nitrogens with zero attached hydrogens (tertiary/aromatic N) is 5. The van der Waals surface area contributed by atoms with E-state index in [4.69, 9.17) is 20.1 Å². The molecule has 3 aromatic heterocycles. The predicted octanol–water partition coefficient (Wildman–Crippen LogP) is 9.32. The lowest BCUT2D eigenvalue weighted by Crippen LogP contribution is -2.00. The summed E-state index contributed by atoms with van der Waals surface area (Å²) in [6.07, 6.45) is 0. The molecule has 0 atom stereocenters. The van der Waals surface area contributed by atoms with Crippen LogP contribution >= 0.6 is 0 Å². The van der Waals surface area contributed by atoms with E-state index < -0.39 is 0 Å². The summed E-state index contributed by atoms with van der Waals surface area (Å²) in [4.78, 5) is 14.6. The summed E-state index contributed by atoms with van der Waals surface area (Å²) in [5, 5.41) is 7.58. The summed E-state index contributed by atoms with van der Waals surface area (Å²) in [7, 11) is 0. The van der Waals surface area contributed by atoms with Crippen molar-refractivity contribution in [1.82, 2.24) is 24.6 Å². The zero-order chi connectivity index (χ0) is 29.5. The van der Waals surface area contributed by atoms with Gasteiger partial charge in [0.15, 0.2) is 17.5 Å². The van der Waals surface area contributed by atoms with Crippen molar-refractivity contribution in [2.45, 2.75) is 6.92 Å². The standard InChI is InChI=1S/C39H27N5/c1-26-35(43-44-34(27-13-5-2-6-14-27)25-32-19-11-12-20-33(32)36(26)44)28-21-23-31(24-22-28)39-41-37(29-15-7-3-8-16-29)40-38(42-39)30-17-9-4-10-18-30/h2-25H,1H3. The molecule has 8 rings (SSSR count). The van der Waals surface area contributed by atoms with Crippen LogP contribution in [0.1, 0.15) is 5.56 Å². The van der Waals surface area contributed by atoms with E-state index in [-0.39, 0.29) is 0 Å². The molecule has 5 heteroatoms. The monoisotopic (exact) mass is 565 g/mol. The van der Waals surface area contributed by atoms with Crippen LogP contribution in [0.3, 0.4) is 0 Å². The highest BCUT2D eigenvalue weighted by molar-refractivity contribution is 6.01. The summed E-state index contributed by atoms with van der Waals surface area (Å²) >= 11 is 0. The quantitative estimate of drug-likeness (QED) is 0.209. The van der Waals surface area contributed by atoms with E-state index in [2.05, 4.69) is 90.3 Å². The third-order valence-electron chi connectivity index (χ3n) is 8.04. The van der Waals surface area contributed by atoms with Gasteiger partial charge in [-0.2, -0.15) is 5.10 Å². The Kier molecular flexibility index (Phi) is 6.27. The Labute approximate surface area is 255 Å². The number of pyridine rings is 1. The number of hydrogen-bond donors (Lipinski definition) is 0. The second kappa shape index (κ2) is 10.7. The minimum absolute atomic E-state index is 0.633. The lowest BCUT2D eigenvalue weighted by Gasteiger charge is -2.09. The third kappa shape index (κ3) is 4.52. The van der Waals surface area contributed by atoms with Crippen LogP contribution in [-0.4, -0.2) is 24.6 Å². The normalized spacial score (nSPS) is 11.3. The molecule has 0 aliphatic rings. The van der Waals surface area contributed by atoms with E-state index in [1.165, 1.54) is 10.8 Å². The summed E-state index contributed by atoms with van der Waals surface area (Å²) in [5.41, 5.74) is 9.28. The highest BCUT2D eigenvalue weighted by Crippen LogP contribution is 2.35. The van der Waals surface area contributed by atoms with E-state index in [9.17, 15) is 0 Å². The zero-order valence-electron chi connectivity index (χ0n) is 24.1. The molecular formula is C39H27N5. The van der Waals surface area contributed by atoms with Gasteiger partial charge in [0, 0.05) is 38.8 Å². The number of aromatic nitrogens is 5. The molecule has 0 saturated carbocycles. The van der Waals surface area contributed by atoms with Gasteiger partial charge in [-0.05, 0) is 18.4 Å². The first-order valence-electron chi connectivity index (χ1n) is 14.7. The molecule has 0 N–H and O–H groups in total. The molecule has 8 aromatic rings. The fourth-order valence-electron chi connectivity index (χ4n) is 5.84. The molecule has 0 unspecified atom stereocenters. The lowest BCUT2D eigenvalue weighted by atomic mass is 10.0. The van der Waals surface area contributed by atoms with Gasteiger partial charge in [0.25, 0.3) is 0 Å². The van der Waals surface area contributed by atoms with Crippen LogP contribution in [0.15, 0.2) is 146 Å². The average Bonchev–Trinajstić information content (AvgIpc) is 3.46. The van der Waals surface area contributed by atoms with Crippen LogP contribution in [0, 0.1) is 6.92 Å². The smallest absolute Gasteiger partial charge is 0.164 e. The highest BCUT2D eigenvalue weighted by atomic mass is 15.2. The fraction of sp³-hybridized carbons (Fsp3) is 0.0256. The lowest BCUT2D eigenvalue weighted by molar-refractivity contribution is 0.979. The minimum atomic E-state index is 0.633. The number of hydrogen-bond acceptors (Lipinski definition) is 4. The number of rotatable bonds is 5. The van der Waals surface area contributed by atoms with Gasteiger partial charge in [-0.25, -0.2) is 19.5 Å². The van der Waals surface area contributed by atoms with Gasteiger partial charge in [-0.1, -0.05) is 140 Å². The first kappa shape index (κ1) is 25.7. The largest absolute Gasteiger partial charge is 0.232 e. The minimum Gasteiger partial charge on any atom is -0.232 e. The zero-order valence-corrected chi connectivity index (χ0v) is 24.1. The van der Waals surface area contributed by atoms with Crippen LogP contribution in [0.4, 0.5) is 0 Å². The Balaban J connectivity index is 1.25. The van der Waals surface area contributed by atoms with Crippen LogP contribution in [0.5, 0.6) is 0 Å². The summed E-state index contributed by atoms with van der Waals surface area (Å²) in [6.45, 7) is 2.16. The molecule has 208 valence electrons. The van der Waals surface area contributed by atoms with E-state index in [1.807, 2.05) is 66.7 Å². The van der Waals surface area contributed by atoms with Crippen molar-refractivity contribution >= 4 is 16.3 Å². The van der Waals surface area contributed by atoms with Crippen molar-refractivity contribution < 1.29 is 0 Å². The first-order chi connectivity index (χ1) is 21.7. The summed E-state index contributed by atoms with van der Waals surface area (Å²) in [5.74, 6) is 1.93. The van der Waals surface area contributed by atoms with Gasteiger partial charge in [0.2, 0.25) is 0 Å². The van der Waals surface area contributed by atoms with Crippen LogP contribution in [0.2, 0.25) is 0 Å². The van der Waals surface area contributed by atoms with Gasteiger partial charge < -0.3 is 0 Å². The summed E-state index contributed by atoms with van der Waals surface area (Å²) < 4.78 is 2.10. The van der Waals surface area contributed by atoms with Crippen molar-refractivity contribution in [2.75, 3.05) is 0 Å². The number of fused-ring (bicyclic) bond motifs is 3. The average molecular weight is 566 g/mol. The molecule has 5 nitrogen and oxygen atoms in total. The second-order valence-corrected chi connectivity index (χ2v) is 10.8. The van der Waals surface area contributed by atoms with Crippen molar-refractivity contribution in [2.24, 2.45) is 0 Å². The number of benzene rings is 5. The van der Waals surface area contributed by atoms with Crippen LogP contribution < -0.4 is 0 Å². The van der Waals surface area contributed by atoms with Crippen molar-refractivity contribution in [3.05, 3.63) is 151 Å². The molecule has 3 heterocycles. The molecule has 0 aliphatic heterocycles. The first-order valence-corrected chi connectivity index (χ1v) is 14.7. The van der Waals surface area contributed by atoms with Crippen molar-refractivity contribution in [3.63, 3.8) is 0 Å². The van der Waals surface area contributed by atoms with Gasteiger partial charge >= 0.3 is 0 Å². The Hall–Kier alpha value is -5.94. The van der Waals surface area contributed by atoms with Crippen molar-refractivity contribution in [1.29, 1.82) is 0 Å². The molecule has 0 amide bonds. The molecule has 5 aromatic carbocycles. The van der Waals surface area contributed by atoms with Crippen LogP contribution in [-0.2, 0) is 0 Å². The Morgan fingerprint density at radius 3 is 1.48 bits per heavy atom. The van der Waals surface area contributed by atoms with Crippen LogP contribution in [0.25, 0.3) is 73.0 Å². The Morgan fingerprint density at radius 2 is 0.909 bits per heavy atom. The molecule has 0 saturated heterocycles. The molecule has 0 radical (unpaired) electrons. The van der Waals surface area contributed by atoms with E-state index in [0.717, 1.165) is 50.3 Å².